The number of amides is 1. The van der Waals surface area contributed by atoms with Gasteiger partial charge in [0.2, 0.25) is 5.91 Å². The Morgan fingerprint density at radius 2 is 2.10 bits per heavy atom. The molecule has 21 heavy (non-hydrogen) atoms. The van der Waals surface area contributed by atoms with Crippen molar-refractivity contribution in [3.8, 4) is 6.07 Å². The number of pyridine rings is 1. The molecular formula is C16H17N3O2. The first-order valence-electron chi connectivity index (χ1n) is 6.79. The highest BCUT2D eigenvalue weighted by Gasteiger charge is 2.23. The second-order valence-corrected chi connectivity index (χ2v) is 5.18. The van der Waals surface area contributed by atoms with Crippen molar-refractivity contribution >= 4 is 16.7 Å². The van der Waals surface area contributed by atoms with Crippen LogP contribution in [0.25, 0.3) is 10.8 Å². The van der Waals surface area contributed by atoms with Gasteiger partial charge in [-0.2, -0.15) is 5.26 Å². The molecule has 0 saturated heterocycles. The smallest absolute Gasteiger partial charge is 0.258 e. The summed E-state index contributed by atoms with van der Waals surface area (Å²) < 4.78 is 1.35. The Morgan fingerprint density at radius 1 is 1.38 bits per heavy atom. The second-order valence-electron chi connectivity index (χ2n) is 5.18. The molecule has 0 aliphatic heterocycles. The van der Waals surface area contributed by atoms with Crippen molar-refractivity contribution in [2.75, 3.05) is 0 Å². The summed E-state index contributed by atoms with van der Waals surface area (Å²) in [5.41, 5.74) is -1.12. The van der Waals surface area contributed by atoms with Gasteiger partial charge < -0.3 is 9.88 Å². The zero-order chi connectivity index (χ0) is 15.5. The van der Waals surface area contributed by atoms with Crippen LogP contribution >= 0.6 is 0 Å². The van der Waals surface area contributed by atoms with Crippen LogP contribution in [0.1, 0.15) is 20.3 Å². The highest BCUT2D eigenvalue weighted by Crippen LogP contribution is 2.09. The van der Waals surface area contributed by atoms with E-state index in [1.54, 1.807) is 31.3 Å². The maximum atomic E-state index is 12.3. The monoisotopic (exact) mass is 283 g/mol. The molecule has 1 amide bonds. The van der Waals surface area contributed by atoms with Crippen LogP contribution < -0.4 is 10.9 Å². The van der Waals surface area contributed by atoms with Gasteiger partial charge in [-0.1, -0.05) is 25.1 Å². The van der Waals surface area contributed by atoms with Gasteiger partial charge in [-0.15, -0.1) is 0 Å². The Kier molecular flexibility index (Phi) is 4.08. The molecule has 2 rings (SSSR count). The van der Waals surface area contributed by atoms with Crippen LogP contribution in [0.4, 0.5) is 0 Å². The summed E-state index contributed by atoms with van der Waals surface area (Å²) in [6.45, 7) is 3.39. The summed E-state index contributed by atoms with van der Waals surface area (Å²) >= 11 is 0. The summed E-state index contributed by atoms with van der Waals surface area (Å²) in [5, 5.41) is 13.1. The molecule has 1 aromatic carbocycles. The number of nitriles is 1. The maximum Gasteiger partial charge on any atom is 0.258 e. The van der Waals surface area contributed by atoms with E-state index in [4.69, 9.17) is 5.26 Å². The van der Waals surface area contributed by atoms with Gasteiger partial charge in [-0.3, -0.25) is 9.59 Å². The van der Waals surface area contributed by atoms with E-state index in [9.17, 15) is 9.59 Å². The van der Waals surface area contributed by atoms with E-state index >= 15 is 0 Å². The van der Waals surface area contributed by atoms with Crippen molar-refractivity contribution in [1.82, 2.24) is 9.88 Å². The predicted molar refractivity (Wildman–Crippen MR) is 80.7 cm³/mol. The number of benzene rings is 1. The van der Waals surface area contributed by atoms with E-state index < -0.39 is 5.54 Å². The molecule has 108 valence electrons. The fourth-order valence-electron chi connectivity index (χ4n) is 2.05. The van der Waals surface area contributed by atoms with Crippen LogP contribution in [0.3, 0.4) is 0 Å². The molecule has 0 aliphatic rings. The number of rotatable bonds is 4. The van der Waals surface area contributed by atoms with Gasteiger partial charge in [0, 0.05) is 11.6 Å². The molecule has 0 saturated carbocycles. The minimum Gasteiger partial charge on any atom is -0.337 e. The van der Waals surface area contributed by atoms with Gasteiger partial charge >= 0.3 is 0 Å². The van der Waals surface area contributed by atoms with Crippen molar-refractivity contribution in [1.29, 1.82) is 5.26 Å². The Labute approximate surface area is 122 Å². The minimum absolute atomic E-state index is 0.0963. The Balaban J connectivity index is 2.25. The van der Waals surface area contributed by atoms with Crippen molar-refractivity contribution in [3.63, 3.8) is 0 Å². The third-order valence-corrected chi connectivity index (χ3v) is 3.57. The van der Waals surface area contributed by atoms with Gasteiger partial charge in [0.25, 0.3) is 5.56 Å². The summed E-state index contributed by atoms with van der Waals surface area (Å²) in [6.07, 6.45) is 2.10. The van der Waals surface area contributed by atoms with Crippen molar-refractivity contribution in [2.45, 2.75) is 32.4 Å². The van der Waals surface area contributed by atoms with Crippen molar-refractivity contribution < 1.29 is 4.79 Å². The summed E-state index contributed by atoms with van der Waals surface area (Å²) in [4.78, 5) is 24.3. The lowest BCUT2D eigenvalue weighted by Crippen LogP contribution is -2.46. The number of hydrogen-bond donors (Lipinski definition) is 1. The molecule has 2 aromatic rings. The molecule has 0 radical (unpaired) electrons. The molecule has 1 unspecified atom stereocenters. The summed E-state index contributed by atoms with van der Waals surface area (Å²) in [5.74, 6) is -0.349. The van der Waals surface area contributed by atoms with Crippen molar-refractivity contribution in [3.05, 3.63) is 46.9 Å². The topological polar surface area (TPSA) is 74.9 Å². The van der Waals surface area contributed by atoms with Gasteiger partial charge in [0.05, 0.1) is 6.07 Å². The molecule has 0 aliphatic carbocycles. The zero-order valence-electron chi connectivity index (χ0n) is 12.1. The predicted octanol–water partition coefficient (Wildman–Crippen LogP) is 1.81. The first-order chi connectivity index (χ1) is 9.99. The standard InChI is InChI=1S/C16H17N3O2/c1-3-16(2,11-17)18-14(20)10-19-9-8-12-6-4-5-7-13(12)15(19)21/h4-9H,3,10H2,1-2H3,(H,18,20). The number of carbonyl (C=O) groups excluding carboxylic acids is 1. The normalized spacial score (nSPS) is 13.4. The average molecular weight is 283 g/mol. The fourth-order valence-corrected chi connectivity index (χ4v) is 2.05. The fraction of sp³-hybridized carbons (Fsp3) is 0.312. The lowest BCUT2D eigenvalue weighted by atomic mass is 10.0. The molecule has 5 heteroatoms. The molecule has 1 heterocycles. The van der Waals surface area contributed by atoms with Crippen LogP contribution in [0.15, 0.2) is 41.3 Å². The Morgan fingerprint density at radius 3 is 2.76 bits per heavy atom. The van der Waals surface area contributed by atoms with Crippen LogP contribution in [0.5, 0.6) is 0 Å². The molecule has 1 atom stereocenters. The van der Waals surface area contributed by atoms with Gasteiger partial charge in [-0.05, 0) is 30.9 Å². The zero-order valence-corrected chi connectivity index (χ0v) is 12.1. The third-order valence-electron chi connectivity index (χ3n) is 3.57. The van der Waals surface area contributed by atoms with Gasteiger partial charge in [-0.25, -0.2) is 0 Å². The lowest BCUT2D eigenvalue weighted by Gasteiger charge is -2.21. The van der Waals surface area contributed by atoms with Crippen LogP contribution in [0, 0.1) is 11.3 Å². The molecule has 0 fully saturated rings. The quantitative estimate of drug-likeness (QED) is 0.929. The number of nitrogens with one attached hydrogen (secondary N) is 1. The summed E-state index contributed by atoms with van der Waals surface area (Å²) in [7, 11) is 0. The van der Waals surface area contributed by atoms with E-state index in [2.05, 4.69) is 11.4 Å². The molecule has 0 spiro atoms. The highest BCUT2D eigenvalue weighted by atomic mass is 16.2. The Bertz CT molecular complexity index is 773. The largest absolute Gasteiger partial charge is 0.337 e. The average Bonchev–Trinajstić information content (AvgIpc) is 2.50. The van der Waals surface area contributed by atoms with Crippen molar-refractivity contribution in [2.24, 2.45) is 0 Å². The Hall–Kier alpha value is -2.61. The highest BCUT2D eigenvalue weighted by molar-refractivity contribution is 5.82. The molecular weight excluding hydrogens is 266 g/mol. The van der Waals surface area contributed by atoms with E-state index in [1.807, 2.05) is 19.1 Å². The second kappa shape index (κ2) is 5.80. The number of nitrogens with zero attached hydrogens (tertiary/aromatic N) is 2. The number of fused-ring (bicyclic) bond motifs is 1. The molecule has 0 bridgehead atoms. The van der Waals surface area contributed by atoms with Gasteiger partial charge in [0.15, 0.2) is 0 Å². The molecule has 1 aromatic heterocycles. The SMILES string of the molecule is CCC(C)(C#N)NC(=O)Cn1ccc2ccccc2c1=O. The maximum absolute atomic E-state index is 12.3. The van der Waals surface area contributed by atoms with E-state index in [0.29, 0.717) is 11.8 Å². The van der Waals surface area contributed by atoms with E-state index in [1.165, 1.54) is 4.57 Å². The van der Waals surface area contributed by atoms with Gasteiger partial charge in [0.1, 0.15) is 12.1 Å². The van der Waals surface area contributed by atoms with Crippen LogP contribution in [-0.4, -0.2) is 16.0 Å². The minimum atomic E-state index is -0.905. The van der Waals surface area contributed by atoms with E-state index in [-0.39, 0.29) is 18.0 Å². The van der Waals surface area contributed by atoms with E-state index in [0.717, 1.165) is 5.39 Å². The summed E-state index contributed by atoms with van der Waals surface area (Å²) in [6, 6.07) is 11.1. The number of aromatic nitrogens is 1. The van der Waals surface area contributed by atoms with Crippen LogP contribution in [0.2, 0.25) is 0 Å². The molecule has 5 nitrogen and oxygen atoms in total. The number of hydrogen-bond acceptors (Lipinski definition) is 3. The first kappa shape index (κ1) is 14.8. The third kappa shape index (κ3) is 3.11. The number of carbonyl (C=O) groups is 1. The molecule has 1 N–H and O–H groups in total. The lowest BCUT2D eigenvalue weighted by molar-refractivity contribution is -0.122. The van der Waals surface area contributed by atoms with Crippen LogP contribution in [-0.2, 0) is 11.3 Å². The first-order valence-corrected chi connectivity index (χ1v) is 6.79.